The highest BCUT2D eigenvalue weighted by atomic mass is 16.5. The zero-order chi connectivity index (χ0) is 14.4. The molecule has 0 heterocycles. The second-order valence-corrected chi connectivity index (χ2v) is 7.45. The lowest BCUT2D eigenvalue weighted by Crippen LogP contribution is -2.45. The van der Waals surface area contributed by atoms with Gasteiger partial charge in [0.1, 0.15) is 5.75 Å². The summed E-state index contributed by atoms with van der Waals surface area (Å²) in [7, 11) is 0. The van der Waals surface area contributed by atoms with Gasteiger partial charge in [-0.3, -0.25) is 0 Å². The van der Waals surface area contributed by atoms with Crippen LogP contribution in [0.15, 0.2) is 24.3 Å². The van der Waals surface area contributed by atoms with Crippen LogP contribution in [0.3, 0.4) is 0 Å². The average Bonchev–Trinajstić information content (AvgIpc) is 2.88. The lowest BCUT2D eigenvalue weighted by molar-refractivity contribution is 0.155. The normalized spacial score (nSPS) is 34.2. The van der Waals surface area contributed by atoms with Crippen molar-refractivity contribution in [1.29, 1.82) is 0 Å². The summed E-state index contributed by atoms with van der Waals surface area (Å²) in [4.78, 5) is 0. The molecule has 0 aromatic heterocycles. The zero-order valence-corrected chi connectivity index (χ0v) is 13.2. The van der Waals surface area contributed by atoms with Crippen molar-refractivity contribution in [2.24, 2.45) is 16.7 Å². The molecule has 1 aromatic carbocycles. The van der Waals surface area contributed by atoms with Crippen molar-refractivity contribution in [2.75, 3.05) is 11.9 Å². The standard InChI is InChI=1S/C18H27NO/c1-5-20-15-8-6-14(7-9-15)19-16-17(2,3)13-10-11-18(16,4)12-13/h6-9,13,16,19H,5,10-12H2,1-4H3/t13-,16?,18+/m0/s1. The van der Waals surface area contributed by atoms with Crippen molar-refractivity contribution >= 4 is 5.69 Å². The van der Waals surface area contributed by atoms with Crippen LogP contribution in [0.2, 0.25) is 0 Å². The molecule has 2 aliphatic rings. The molecule has 1 aromatic rings. The summed E-state index contributed by atoms with van der Waals surface area (Å²) in [5.41, 5.74) is 2.08. The molecule has 2 heteroatoms. The van der Waals surface area contributed by atoms with Crippen molar-refractivity contribution < 1.29 is 4.74 Å². The maximum absolute atomic E-state index is 5.51. The van der Waals surface area contributed by atoms with Crippen LogP contribution in [-0.4, -0.2) is 12.6 Å². The van der Waals surface area contributed by atoms with Gasteiger partial charge in [0.05, 0.1) is 6.61 Å². The zero-order valence-electron chi connectivity index (χ0n) is 13.2. The van der Waals surface area contributed by atoms with Crippen molar-refractivity contribution in [2.45, 2.75) is 53.0 Å². The topological polar surface area (TPSA) is 21.3 Å². The van der Waals surface area contributed by atoms with E-state index in [0.29, 0.717) is 16.9 Å². The third-order valence-electron chi connectivity index (χ3n) is 5.75. The lowest BCUT2D eigenvalue weighted by Gasteiger charge is -2.43. The average molecular weight is 273 g/mol. The summed E-state index contributed by atoms with van der Waals surface area (Å²) in [6, 6.07) is 9.00. The Kier molecular flexibility index (Phi) is 3.23. The van der Waals surface area contributed by atoms with Crippen molar-refractivity contribution in [1.82, 2.24) is 0 Å². The lowest BCUT2D eigenvalue weighted by atomic mass is 9.68. The fourth-order valence-electron chi connectivity index (χ4n) is 4.64. The van der Waals surface area contributed by atoms with Crippen LogP contribution >= 0.6 is 0 Å². The van der Waals surface area contributed by atoms with Crippen LogP contribution in [0.25, 0.3) is 0 Å². The minimum atomic E-state index is 0.394. The van der Waals surface area contributed by atoms with E-state index in [0.717, 1.165) is 18.3 Å². The fraction of sp³-hybridized carbons (Fsp3) is 0.667. The molecular weight excluding hydrogens is 246 g/mol. The Morgan fingerprint density at radius 1 is 1.20 bits per heavy atom. The summed E-state index contributed by atoms with van der Waals surface area (Å²) >= 11 is 0. The highest BCUT2D eigenvalue weighted by molar-refractivity contribution is 5.48. The molecule has 0 saturated heterocycles. The first-order valence-electron chi connectivity index (χ1n) is 7.95. The third kappa shape index (κ3) is 2.10. The molecule has 110 valence electrons. The highest BCUT2D eigenvalue weighted by Gasteiger charge is 2.59. The Bertz CT molecular complexity index is 474. The van der Waals surface area contributed by atoms with E-state index in [1.807, 2.05) is 6.92 Å². The van der Waals surface area contributed by atoms with Crippen LogP contribution < -0.4 is 10.1 Å². The molecule has 0 aliphatic heterocycles. The predicted molar refractivity (Wildman–Crippen MR) is 84.3 cm³/mol. The van der Waals surface area contributed by atoms with Gasteiger partial charge >= 0.3 is 0 Å². The van der Waals surface area contributed by atoms with Crippen LogP contribution in [-0.2, 0) is 0 Å². The summed E-state index contributed by atoms with van der Waals surface area (Å²) in [5.74, 6) is 1.84. The van der Waals surface area contributed by atoms with Gasteiger partial charge in [0.15, 0.2) is 0 Å². The number of nitrogens with one attached hydrogen (secondary N) is 1. The number of anilines is 1. The van der Waals surface area contributed by atoms with E-state index < -0.39 is 0 Å². The van der Waals surface area contributed by atoms with E-state index in [9.17, 15) is 0 Å². The van der Waals surface area contributed by atoms with Crippen molar-refractivity contribution in [3.05, 3.63) is 24.3 Å². The number of benzene rings is 1. The number of fused-ring (bicyclic) bond motifs is 2. The Morgan fingerprint density at radius 3 is 2.45 bits per heavy atom. The van der Waals surface area contributed by atoms with Crippen LogP contribution in [0.4, 0.5) is 5.69 Å². The molecule has 0 amide bonds. The molecule has 2 saturated carbocycles. The molecule has 20 heavy (non-hydrogen) atoms. The molecule has 2 aliphatic carbocycles. The van der Waals surface area contributed by atoms with E-state index in [1.165, 1.54) is 24.9 Å². The van der Waals surface area contributed by atoms with Crippen LogP contribution in [0.1, 0.15) is 47.0 Å². The van der Waals surface area contributed by atoms with Gasteiger partial charge in [-0.25, -0.2) is 0 Å². The van der Waals surface area contributed by atoms with Crippen molar-refractivity contribution in [3.8, 4) is 5.75 Å². The first kappa shape index (κ1) is 13.8. The van der Waals surface area contributed by atoms with Gasteiger partial charge in [0.2, 0.25) is 0 Å². The molecule has 1 unspecified atom stereocenters. The van der Waals surface area contributed by atoms with E-state index in [-0.39, 0.29) is 0 Å². The maximum Gasteiger partial charge on any atom is 0.119 e. The van der Waals surface area contributed by atoms with Crippen molar-refractivity contribution in [3.63, 3.8) is 0 Å². The first-order chi connectivity index (χ1) is 9.45. The number of hydrogen-bond donors (Lipinski definition) is 1. The van der Waals surface area contributed by atoms with E-state index in [2.05, 4.69) is 50.4 Å². The van der Waals surface area contributed by atoms with E-state index >= 15 is 0 Å². The summed E-state index contributed by atoms with van der Waals surface area (Å²) in [6.45, 7) is 10.1. The summed E-state index contributed by atoms with van der Waals surface area (Å²) in [6.07, 6.45) is 4.16. The number of hydrogen-bond acceptors (Lipinski definition) is 2. The van der Waals surface area contributed by atoms with E-state index in [1.54, 1.807) is 0 Å². The Hall–Kier alpha value is -1.18. The number of ether oxygens (including phenoxy) is 1. The van der Waals surface area contributed by atoms with E-state index in [4.69, 9.17) is 4.74 Å². The molecule has 0 radical (unpaired) electrons. The highest BCUT2D eigenvalue weighted by Crippen LogP contribution is 2.63. The van der Waals surface area contributed by atoms with Gasteiger partial charge in [-0.1, -0.05) is 20.8 Å². The largest absolute Gasteiger partial charge is 0.494 e. The van der Waals surface area contributed by atoms with Gasteiger partial charge in [0.25, 0.3) is 0 Å². The first-order valence-corrected chi connectivity index (χ1v) is 7.95. The quantitative estimate of drug-likeness (QED) is 0.857. The van der Waals surface area contributed by atoms with Crippen LogP contribution in [0, 0.1) is 16.7 Å². The SMILES string of the molecule is CCOc1ccc(NC2C(C)(C)[C@H]3CC[C@]2(C)C3)cc1. The van der Waals surface area contributed by atoms with Gasteiger partial charge < -0.3 is 10.1 Å². The Balaban J connectivity index is 1.77. The maximum atomic E-state index is 5.51. The summed E-state index contributed by atoms with van der Waals surface area (Å²) in [5, 5.41) is 3.82. The van der Waals surface area contributed by atoms with Gasteiger partial charge in [-0.15, -0.1) is 0 Å². The van der Waals surface area contributed by atoms with Gasteiger partial charge in [0, 0.05) is 11.7 Å². The van der Waals surface area contributed by atoms with Crippen LogP contribution in [0.5, 0.6) is 5.75 Å². The minimum absolute atomic E-state index is 0.394. The monoisotopic (exact) mass is 273 g/mol. The second-order valence-electron chi connectivity index (χ2n) is 7.45. The number of rotatable bonds is 4. The molecule has 3 atom stereocenters. The molecular formula is C18H27NO. The van der Waals surface area contributed by atoms with Gasteiger partial charge in [-0.2, -0.15) is 0 Å². The molecule has 3 rings (SSSR count). The smallest absolute Gasteiger partial charge is 0.119 e. The fourth-order valence-corrected chi connectivity index (χ4v) is 4.64. The summed E-state index contributed by atoms with van der Waals surface area (Å²) < 4.78 is 5.51. The predicted octanol–water partition coefficient (Wildman–Crippen LogP) is 4.71. The molecule has 1 N–H and O–H groups in total. The third-order valence-corrected chi connectivity index (χ3v) is 5.75. The van der Waals surface area contributed by atoms with Gasteiger partial charge in [-0.05, 0) is 67.2 Å². The minimum Gasteiger partial charge on any atom is -0.494 e. The molecule has 2 fully saturated rings. The molecule has 0 spiro atoms. The molecule has 2 bridgehead atoms. The second kappa shape index (κ2) is 4.68. The molecule has 2 nitrogen and oxygen atoms in total. The Labute approximate surface area is 122 Å². The Morgan fingerprint density at radius 2 is 1.90 bits per heavy atom.